The number of hydrogen-bond donors (Lipinski definition) is 0. The Morgan fingerprint density at radius 2 is 0.268 bits per heavy atom. The van der Waals surface area contributed by atoms with Crippen molar-refractivity contribution in [1.82, 2.24) is 27.4 Å². The molecule has 0 amide bonds. The monoisotopic (exact) mass is 1860 g/mol. The molecule has 6 heterocycles. The molecule has 0 radical (unpaired) electrons. The van der Waals surface area contributed by atoms with Crippen LogP contribution in [0.3, 0.4) is 0 Å². The van der Waals surface area contributed by atoms with Gasteiger partial charge in [0.15, 0.2) is 0 Å². The molecule has 0 fully saturated rings. The molecule has 6 nitrogen and oxygen atoms in total. The van der Waals surface area contributed by atoms with E-state index in [2.05, 4.69) is 227 Å². The van der Waals surface area contributed by atoms with Gasteiger partial charge in [0.05, 0.1) is 33.1 Å². The molecule has 138 heavy (non-hydrogen) atoms. The molecule has 0 unspecified atom stereocenters. The summed E-state index contributed by atoms with van der Waals surface area (Å²) in [5.74, 6) is 0. The highest BCUT2D eigenvalue weighted by atomic mass is 15.1. The van der Waals surface area contributed by atoms with Gasteiger partial charge in [0.25, 0.3) is 0 Å². The van der Waals surface area contributed by atoms with Crippen LogP contribution in [0.15, 0.2) is 158 Å². The fraction of sp³-hybridized carbons (Fsp3) is 0.591. The molecule has 6 heteroatoms. The molecular weight excluding hydrogens is 1670 g/mol. The van der Waals surface area contributed by atoms with Gasteiger partial charge < -0.3 is 27.4 Å². The lowest BCUT2D eigenvalue weighted by Gasteiger charge is -2.13. The summed E-state index contributed by atoms with van der Waals surface area (Å²) in [6.45, 7) is 20.2. The van der Waals surface area contributed by atoms with E-state index in [0.29, 0.717) is 0 Å². The van der Waals surface area contributed by atoms with E-state index in [0.717, 1.165) is 39.3 Å². The molecule has 0 aliphatic rings. The van der Waals surface area contributed by atoms with Crippen LogP contribution in [-0.2, 0) is 39.3 Å². The molecule has 0 spiro atoms. The highest BCUT2D eigenvalue weighted by molar-refractivity contribution is 6.41. The molecule has 9 aromatic carbocycles. The third kappa shape index (κ3) is 26.6. The standard InChI is InChI=1S/C132H188N6/c1-7-13-19-25-31-37-43-49-55-61-75-97-133-117-87-73-69-83-111(117)123-127(133)121-109-81-67-71-85-115(109)135(99-77-63-57-51-45-39-33-27-21-15-9-3)129(121)125-113-95-93-107(103-119(113)137(131(123)125)101-79-65-59-53-47-41-35-29-23-17-11-5)105-89-91-106(92-90-105)108-94-96-114-120(104-108)138(102-80-66-60-54-48-42-36-30-24-18-12-6)132-124-112-84-70-74-88-118(112)134(98-76-62-56-50-44-38-32-26-20-14-8-2)128(124)122-110-82-68-72-86-116(110)136(130(122)126(114)132)100-78-64-58-52-46-40-34-28-22-16-10-4/h67-74,81-96,103-104H,7-66,75-80,97-102H2,1-6H3. The molecule has 0 aliphatic heterocycles. The molecule has 0 saturated carbocycles. The summed E-state index contributed by atoms with van der Waals surface area (Å²) in [5, 5.41) is 17.4. The summed E-state index contributed by atoms with van der Waals surface area (Å²) in [6.07, 6.45) is 89.0. The summed E-state index contributed by atoms with van der Waals surface area (Å²) in [7, 11) is 0. The molecule has 746 valence electrons. The maximum atomic E-state index is 2.91. The van der Waals surface area contributed by atoms with Crippen molar-refractivity contribution in [1.29, 1.82) is 0 Å². The minimum absolute atomic E-state index is 1.01. The molecule has 0 bridgehead atoms. The van der Waals surface area contributed by atoms with Crippen molar-refractivity contribution < 1.29 is 0 Å². The van der Waals surface area contributed by atoms with Crippen LogP contribution in [0.4, 0.5) is 0 Å². The molecule has 0 N–H and O–H groups in total. The topological polar surface area (TPSA) is 29.6 Å². The predicted molar refractivity (Wildman–Crippen MR) is 614 cm³/mol. The number of hydrogen-bond acceptors (Lipinski definition) is 0. The number of aromatic nitrogens is 6. The molecule has 0 saturated heterocycles. The highest BCUT2D eigenvalue weighted by Crippen LogP contribution is 2.52. The molecule has 0 aliphatic carbocycles. The predicted octanol–water partition coefficient (Wildman–Crippen LogP) is 43.5. The van der Waals surface area contributed by atoms with Crippen molar-refractivity contribution in [2.75, 3.05) is 0 Å². The van der Waals surface area contributed by atoms with E-state index >= 15 is 0 Å². The van der Waals surface area contributed by atoms with Crippen LogP contribution in [0.25, 0.3) is 153 Å². The third-order valence-electron chi connectivity index (χ3n) is 32.9. The van der Waals surface area contributed by atoms with E-state index in [4.69, 9.17) is 0 Å². The number of nitrogens with zero attached hydrogens (tertiary/aromatic N) is 6. The zero-order valence-electron chi connectivity index (χ0n) is 88.6. The van der Waals surface area contributed by atoms with Crippen LogP contribution in [0.1, 0.15) is 465 Å². The van der Waals surface area contributed by atoms with E-state index in [-0.39, 0.29) is 0 Å². The summed E-state index contributed by atoms with van der Waals surface area (Å²) in [4.78, 5) is 0. The Balaban J connectivity index is 0.833. The molecular formula is C132H188N6. The van der Waals surface area contributed by atoms with Crippen LogP contribution in [0.2, 0.25) is 0 Å². The second-order valence-corrected chi connectivity index (χ2v) is 43.6. The first-order valence-corrected chi connectivity index (χ1v) is 59.4. The van der Waals surface area contributed by atoms with Crippen molar-refractivity contribution in [3.05, 3.63) is 158 Å². The largest absolute Gasteiger partial charge is 0.340 e. The van der Waals surface area contributed by atoms with Gasteiger partial charge in [-0.15, -0.1) is 0 Å². The summed E-state index contributed by atoms with van der Waals surface area (Å²) >= 11 is 0. The molecule has 6 aromatic heterocycles. The number of unbranched alkanes of at least 4 members (excludes halogenated alkanes) is 60. The van der Waals surface area contributed by atoms with Gasteiger partial charge in [0, 0.05) is 137 Å². The van der Waals surface area contributed by atoms with Crippen LogP contribution in [0, 0.1) is 0 Å². The summed E-state index contributed by atoms with van der Waals surface area (Å²) < 4.78 is 17.2. The Kier molecular flexibility index (Phi) is 43.1. The minimum atomic E-state index is 1.01. The van der Waals surface area contributed by atoms with Gasteiger partial charge in [-0.3, -0.25) is 0 Å². The van der Waals surface area contributed by atoms with Gasteiger partial charge in [-0.1, -0.05) is 548 Å². The normalized spacial score (nSPS) is 12.3. The van der Waals surface area contributed by atoms with Crippen molar-refractivity contribution in [2.24, 2.45) is 0 Å². The van der Waals surface area contributed by atoms with Gasteiger partial charge in [-0.2, -0.15) is 0 Å². The van der Waals surface area contributed by atoms with Crippen LogP contribution in [0.5, 0.6) is 0 Å². The van der Waals surface area contributed by atoms with E-state index in [9.17, 15) is 0 Å². The van der Waals surface area contributed by atoms with Gasteiger partial charge in [0.2, 0.25) is 0 Å². The fourth-order valence-electron chi connectivity index (χ4n) is 25.1. The number of benzene rings is 9. The van der Waals surface area contributed by atoms with E-state index in [1.807, 2.05) is 0 Å². The van der Waals surface area contributed by atoms with E-state index in [1.54, 1.807) is 0 Å². The quantitative estimate of drug-likeness (QED) is 0.0340. The van der Waals surface area contributed by atoms with E-state index in [1.165, 1.54) is 577 Å². The first-order valence-electron chi connectivity index (χ1n) is 59.4. The average Bonchev–Trinajstić information content (AvgIpc) is 1.52. The van der Waals surface area contributed by atoms with Crippen molar-refractivity contribution in [3.8, 4) is 22.3 Å². The Labute approximate surface area is 837 Å². The number of fused-ring (bicyclic) bond motifs is 24. The lowest BCUT2D eigenvalue weighted by Crippen LogP contribution is -2.02. The Morgan fingerprint density at radius 3 is 0.442 bits per heavy atom. The second-order valence-electron chi connectivity index (χ2n) is 43.6. The van der Waals surface area contributed by atoms with Gasteiger partial charge in [0.1, 0.15) is 0 Å². The first kappa shape index (κ1) is 104. The maximum absolute atomic E-state index is 2.91. The number of rotatable bonds is 74. The third-order valence-corrected chi connectivity index (χ3v) is 32.9. The van der Waals surface area contributed by atoms with Crippen molar-refractivity contribution >= 4 is 131 Å². The van der Waals surface area contributed by atoms with Gasteiger partial charge >= 0.3 is 0 Å². The van der Waals surface area contributed by atoms with Crippen LogP contribution >= 0.6 is 0 Å². The molecule has 15 rings (SSSR count). The average molecular weight is 1860 g/mol. The Hall–Kier alpha value is -8.22. The maximum Gasteiger partial charge on any atom is 0.0614 e. The fourth-order valence-corrected chi connectivity index (χ4v) is 25.1. The second kappa shape index (κ2) is 57.2. The van der Waals surface area contributed by atoms with Crippen molar-refractivity contribution in [3.63, 3.8) is 0 Å². The molecule has 0 atom stereocenters. The van der Waals surface area contributed by atoms with Crippen LogP contribution < -0.4 is 0 Å². The molecule has 15 aromatic rings. The lowest BCUT2D eigenvalue weighted by molar-refractivity contribution is 0.536. The lowest BCUT2D eigenvalue weighted by atomic mass is 9.97. The zero-order chi connectivity index (χ0) is 94.9. The van der Waals surface area contributed by atoms with Gasteiger partial charge in [-0.25, -0.2) is 0 Å². The number of aryl methyl sites for hydroxylation is 6. The van der Waals surface area contributed by atoms with Crippen molar-refractivity contribution in [2.45, 2.75) is 505 Å². The van der Waals surface area contributed by atoms with Gasteiger partial charge in [-0.05, 0) is 97.2 Å². The summed E-state index contributed by atoms with van der Waals surface area (Å²) in [6, 6.07) is 64.3. The smallest absolute Gasteiger partial charge is 0.0614 e. The highest BCUT2D eigenvalue weighted by Gasteiger charge is 2.31. The van der Waals surface area contributed by atoms with Crippen LogP contribution in [-0.4, -0.2) is 27.4 Å². The summed E-state index contributed by atoms with van der Waals surface area (Å²) in [5.41, 5.74) is 22.5. The first-order chi connectivity index (χ1) is 68.5. The Bertz CT molecular complexity index is 5720. The number of para-hydroxylation sites is 4. The SMILES string of the molecule is CCCCCCCCCCCCCn1c2ccccc2c2c1c1c3ccc(-c4ccc(-c5ccc6c7c8c(c9ccccc9n8CCCCCCCCCCCCC)c8c(c9ccccc9n8CCCCCCCCCCCCC)c7n(CCCCCCCCCCCCC)c6c5)cc4)cc3n(CCCCCCCCCCCCC)c1c1c3ccccc3n(CCCCCCCCCCCCC)c21. The zero-order valence-corrected chi connectivity index (χ0v) is 88.6. The van der Waals surface area contributed by atoms with E-state index < -0.39 is 0 Å². The minimum Gasteiger partial charge on any atom is -0.340 e. The Morgan fingerprint density at radius 1 is 0.130 bits per heavy atom.